The number of benzene rings is 1. The number of ether oxygens (including phenoxy) is 1. The molecule has 2 saturated heterocycles. The number of nitrogens with one attached hydrogen (secondary N) is 1. The van der Waals surface area contributed by atoms with Crippen LogP contribution in [0, 0.1) is 23.2 Å². The molecule has 0 radical (unpaired) electrons. The van der Waals surface area contributed by atoms with E-state index in [-0.39, 0.29) is 29.8 Å². The first kappa shape index (κ1) is 22.8. The van der Waals surface area contributed by atoms with Crippen molar-refractivity contribution < 1.29 is 9.53 Å². The van der Waals surface area contributed by atoms with Gasteiger partial charge in [0, 0.05) is 43.1 Å². The highest BCUT2D eigenvalue weighted by atomic mass is 35.5. The van der Waals surface area contributed by atoms with E-state index < -0.39 is 0 Å². The average Bonchev–Trinajstić information content (AvgIpc) is 3.27. The van der Waals surface area contributed by atoms with E-state index in [0.29, 0.717) is 34.6 Å². The summed E-state index contributed by atoms with van der Waals surface area (Å²) in [5.74, 6) is 0.898. The molecule has 2 fully saturated rings. The van der Waals surface area contributed by atoms with Crippen LogP contribution in [0.15, 0.2) is 36.5 Å². The van der Waals surface area contributed by atoms with Gasteiger partial charge in [0.1, 0.15) is 12.2 Å². The number of aromatic nitrogens is 1. The van der Waals surface area contributed by atoms with Crippen molar-refractivity contribution in [2.24, 2.45) is 11.8 Å². The standard InChI is InChI=1S/C24H26Cl2N4O2/c1-15(32-23-5-2-16(11-27)12-29-23)19-13-30(24(31)17-6-8-28-9-7-17)14-20(19)18-3-4-21(25)22(26)10-18/h2-5,10,12,15,17,19-20,28H,6-9,13-14H2,1H3/t15-,19?,20+/m0/s1. The fraction of sp³-hybridized carbons (Fsp3) is 0.458. The summed E-state index contributed by atoms with van der Waals surface area (Å²) in [7, 11) is 0. The average molecular weight is 473 g/mol. The number of amides is 1. The van der Waals surface area contributed by atoms with Crippen LogP contribution in [0.1, 0.15) is 36.8 Å². The molecule has 0 spiro atoms. The van der Waals surface area contributed by atoms with Gasteiger partial charge in [-0.2, -0.15) is 5.26 Å². The van der Waals surface area contributed by atoms with Crippen LogP contribution in [0.2, 0.25) is 10.0 Å². The van der Waals surface area contributed by atoms with E-state index in [0.717, 1.165) is 31.5 Å². The van der Waals surface area contributed by atoms with E-state index in [1.807, 2.05) is 24.0 Å². The topological polar surface area (TPSA) is 78.2 Å². The zero-order valence-corrected chi connectivity index (χ0v) is 19.4. The van der Waals surface area contributed by atoms with Gasteiger partial charge in [-0.1, -0.05) is 29.3 Å². The fourth-order valence-corrected chi connectivity index (χ4v) is 5.01. The van der Waals surface area contributed by atoms with Gasteiger partial charge in [-0.3, -0.25) is 4.79 Å². The number of nitriles is 1. The fourth-order valence-electron chi connectivity index (χ4n) is 4.70. The molecule has 1 aromatic heterocycles. The van der Waals surface area contributed by atoms with Gasteiger partial charge in [0.2, 0.25) is 11.8 Å². The predicted octanol–water partition coefficient (Wildman–Crippen LogP) is 4.27. The van der Waals surface area contributed by atoms with E-state index >= 15 is 0 Å². The van der Waals surface area contributed by atoms with Crippen LogP contribution < -0.4 is 10.1 Å². The van der Waals surface area contributed by atoms with Gasteiger partial charge in [0.15, 0.2) is 0 Å². The molecule has 3 atom stereocenters. The molecule has 1 amide bonds. The minimum Gasteiger partial charge on any atom is -0.474 e. The Balaban J connectivity index is 1.56. The maximum atomic E-state index is 13.3. The first-order chi connectivity index (χ1) is 15.5. The Morgan fingerprint density at radius 1 is 1.22 bits per heavy atom. The highest BCUT2D eigenvalue weighted by molar-refractivity contribution is 6.42. The number of rotatable bonds is 5. The van der Waals surface area contributed by atoms with Crippen molar-refractivity contribution in [2.45, 2.75) is 31.8 Å². The lowest BCUT2D eigenvalue weighted by Gasteiger charge is -2.27. The summed E-state index contributed by atoms with van der Waals surface area (Å²) in [6, 6.07) is 11.1. The monoisotopic (exact) mass is 472 g/mol. The van der Waals surface area contributed by atoms with Crippen LogP contribution in [0.5, 0.6) is 5.88 Å². The summed E-state index contributed by atoms with van der Waals surface area (Å²) in [5.41, 5.74) is 1.53. The minimum atomic E-state index is -0.194. The number of nitrogens with zero attached hydrogens (tertiary/aromatic N) is 3. The molecule has 6 nitrogen and oxygen atoms in total. The molecule has 32 heavy (non-hydrogen) atoms. The van der Waals surface area contributed by atoms with Crippen molar-refractivity contribution >= 4 is 29.1 Å². The Morgan fingerprint density at radius 2 is 2.00 bits per heavy atom. The predicted molar refractivity (Wildman–Crippen MR) is 124 cm³/mol. The van der Waals surface area contributed by atoms with Gasteiger partial charge in [-0.15, -0.1) is 0 Å². The first-order valence-electron chi connectivity index (χ1n) is 10.9. The second kappa shape index (κ2) is 10.1. The summed E-state index contributed by atoms with van der Waals surface area (Å²) in [4.78, 5) is 19.5. The van der Waals surface area contributed by atoms with Crippen molar-refractivity contribution in [3.8, 4) is 11.9 Å². The lowest BCUT2D eigenvalue weighted by Crippen LogP contribution is -2.40. The second-order valence-electron chi connectivity index (χ2n) is 8.53. The number of carbonyl (C=O) groups is 1. The van der Waals surface area contributed by atoms with Gasteiger partial charge in [-0.25, -0.2) is 4.98 Å². The molecule has 1 aromatic carbocycles. The lowest BCUT2D eigenvalue weighted by atomic mass is 9.86. The molecule has 2 aromatic rings. The quantitative estimate of drug-likeness (QED) is 0.702. The van der Waals surface area contributed by atoms with Crippen LogP contribution in [-0.4, -0.2) is 48.1 Å². The Hall–Kier alpha value is -2.33. The summed E-state index contributed by atoms with van der Waals surface area (Å²) in [6.45, 7) is 5.01. The van der Waals surface area contributed by atoms with Crippen molar-refractivity contribution in [1.82, 2.24) is 15.2 Å². The van der Waals surface area contributed by atoms with Crippen molar-refractivity contribution in [2.75, 3.05) is 26.2 Å². The highest BCUT2D eigenvalue weighted by Gasteiger charge is 2.41. The molecule has 1 unspecified atom stereocenters. The van der Waals surface area contributed by atoms with Gasteiger partial charge >= 0.3 is 0 Å². The summed E-state index contributed by atoms with van der Waals surface area (Å²) >= 11 is 12.5. The zero-order chi connectivity index (χ0) is 22.7. The number of hydrogen-bond acceptors (Lipinski definition) is 5. The van der Waals surface area contributed by atoms with E-state index in [4.69, 9.17) is 33.2 Å². The molecule has 2 aliphatic heterocycles. The molecule has 2 aliphatic rings. The third kappa shape index (κ3) is 5.01. The molecule has 168 valence electrons. The van der Waals surface area contributed by atoms with Crippen molar-refractivity contribution in [3.63, 3.8) is 0 Å². The van der Waals surface area contributed by atoms with Crippen molar-refractivity contribution in [1.29, 1.82) is 5.26 Å². The maximum Gasteiger partial charge on any atom is 0.225 e. The van der Waals surface area contributed by atoms with E-state index in [2.05, 4.69) is 16.4 Å². The Morgan fingerprint density at radius 3 is 2.66 bits per heavy atom. The second-order valence-corrected chi connectivity index (χ2v) is 9.35. The van der Waals surface area contributed by atoms with E-state index in [9.17, 15) is 4.79 Å². The normalized spacial score (nSPS) is 22.4. The molecule has 0 bridgehead atoms. The van der Waals surface area contributed by atoms with Gasteiger partial charge in [-0.05, 0) is 56.6 Å². The third-order valence-corrected chi connectivity index (χ3v) is 7.25. The molecule has 3 heterocycles. The molecule has 0 saturated carbocycles. The summed E-state index contributed by atoms with van der Waals surface area (Å²) in [5, 5.41) is 13.3. The van der Waals surface area contributed by atoms with Crippen LogP contribution in [0.25, 0.3) is 0 Å². The van der Waals surface area contributed by atoms with Gasteiger partial charge in [0.05, 0.1) is 15.6 Å². The Labute approximate surface area is 198 Å². The van der Waals surface area contributed by atoms with Gasteiger partial charge < -0.3 is 15.0 Å². The number of halogens is 2. The Bertz CT molecular complexity index is 1000. The largest absolute Gasteiger partial charge is 0.474 e. The molecule has 0 aliphatic carbocycles. The SMILES string of the molecule is C[C@H](Oc1ccc(C#N)cn1)C1CN(C(=O)C2CCNCC2)C[C@@H]1c1ccc(Cl)c(Cl)c1. The molecule has 4 rings (SSSR count). The van der Waals surface area contributed by atoms with Gasteiger partial charge in [0.25, 0.3) is 0 Å². The summed E-state index contributed by atoms with van der Waals surface area (Å²) < 4.78 is 6.15. The summed E-state index contributed by atoms with van der Waals surface area (Å²) in [6.07, 6.45) is 3.05. The lowest BCUT2D eigenvalue weighted by molar-refractivity contribution is -0.135. The van der Waals surface area contributed by atoms with Crippen LogP contribution in [0.4, 0.5) is 0 Å². The number of pyridine rings is 1. The molecular weight excluding hydrogens is 447 g/mol. The third-order valence-electron chi connectivity index (χ3n) is 6.51. The molecule has 1 N–H and O–H groups in total. The smallest absolute Gasteiger partial charge is 0.225 e. The number of carbonyl (C=O) groups excluding carboxylic acids is 1. The molecular formula is C24H26Cl2N4O2. The number of likely N-dealkylation sites (tertiary alicyclic amines) is 1. The zero-order valence-electron chi connectivity index (χ0n) is 17.9. The van der Waals surface area contributed by atoms with E-state index in [1.54, 1.807) is 18.2 Å². The van der Waals surface area contributed by atoms with Crippen molar-refractivity contribution in [3.05, 3.63) is 57.7 Å². The number of hydrogen-bond donors (Lipinski definition) is 1. The first-order valence-corrected chi connectivity index (χ1v) is 11.7. The number of piperidine rings is 1. The Kier molecular flexibility index (Phi) is 7.20. The minimum absolute atomic E-state index is 0.0651. The molecule has 8 heteroatoms. The van der Waals surface area contributed by atoms with Crippen LogP contribution >= 0.6 is 23.2 Å². The maximum absolute atomic E-state index is 13.3. The van der Waals surface area contributed by atoms with E-state index in [1.165, 1.54) is 6.20 Å². The van der Waals surface area contributed by atoms with Crippen LogP contribution in [-0.2, 0) is 4.79 Å². The highest BCUT2D eigenvalue weighted by Crippen LogP contribution is 2.39. The van der Waals surface area contributed by atoms with Crippen LogP contribution in [0.3, 0.4) is 0 Å².